The number of anilines is 2. The van der Waals surface area contributed by atoms with E-state index < -0.39 is 0 Å². The molecule has 0 bridgehead atoms. The van der Waals surface area contributed by atoms with Gasteiger partial charge in [-0.3, -0.25) is 0 Å². The van der Waals surface area contributed by atoms with Crippen LogP contribution >= 0.6 is 0 Å². The highest BCUT2D eigenvalue weighted by atomic mass is 15.2. The molecule has 1 fully saturated rings. The van der Waals surface area contributed by atoms with Crippen LogP contribution in [-0.4, -0.2) is 47.6 Å². The molecular weight excluding hydrogens is 250 g/mol. The Hall–Kier alpha value is -1.36. The summed E-state index contributed by atoms with van der Waals surface area (Å²) in [7, 11) is 2.20. The minimum absolute atomic E-state index is 0.622. The van der Waals surface area contributed by atoms with Crippen LogP contribution in [0.2, 0.25) is 0 Å². The average molecular weight is 277 g/mol. The summed E-state index contributed by atoms with van der Waals surface area (Å²) in [5.41, 5.74) is 1.12. The molecule has 20 heavy (non-hydrogen) atoms. The summed E-state index contributed by atoms with van der Waals surface area (Å²) in [4.78, 5) is 11.5. The third-order valence-corrected chi connectivity index (χ3v) is 3.98. The van der Waals surface area contributed by atoms with E-state index in [2.05, 4.69) is 46.4 Å². The molecule has 112 valence electrons. The van der Waals surface area contributed by atoms with Gasteiger partial charge in [0.2, 0.25) is 0 Å². The number of likely N-dealkylation sites (tertiary alicyclic amines) is 1. The molecule has 1 unspecified atom stereocenters. The lowest BCUT2D eigenvalue weighted by molar-refractivity contribution is 0.322. The number of likely N-dealkylation sites (N-methyl/N-ethyl adjacent to an activating group) is 1. The predicted molar refractivity (Wildman–Crippen MR) is 84.4 cm³/mol. The summed E-state index contributed by atoms with van der Waals surface area (Å²) in [6.45, 7) is 9.30. The van der Waals surface area contributed by atoms with Crippen molar-refractivity contribution in [3.05, 3.63) is 11.4 Å². The van der Waals surface area contributed by atoms with Crippen molar-refractivity contribution in [3.8, 4) is 0 Å². The molecule has 2 N–H and O–H groups in total. The van der Waals surface area contributed by atoms with Crippen LogP contribution in [0.15, 0.2) is 0 Å². The summed E-state index contributed by atoms with van der Waals surface area (Å²) in [6, 6.07) is 0.622. The van der Waals surface area contributed by atoms with Crippen LogP contribution in [0.4, 0.5) is 11.6 Å². The molecule has 1 atom stereocenters. The maximum Gasteiger partial charge on any atom is 0.134 e. The van der Waals surface area contributed by atoms with Crippen molar-refractivity contribution in [2.24, 2.45) is 0 Å². The zero-order chi connectivity index (χ0) is 14.5. The van der Waals surface area contributed by atoms with Gasteiger partial charge in [-0.05, 0) is 46.7 Å². The Morgan fingerprint density at radius 1 is 1.20 bits per heavy atom. The minimum Gasteiger partial charge on any atom is -0.370 e. The van der Waals surface area contributed by atoms with Gasteiger partial charge in [-0.1, -0.05) is 6.92 Å². The monoisotopic (exact) mass is 277 g/mol. The molecule has 5 heteroatoms. The summed E-state index contributed by atoms with van der Waals surface area (Å²) < 4.78 is 0. The normalized spacial score (nSPS) is 19.3. The Balaban J connectivity index is 2.04. The molecule has 0 saturated carbocycles. The van der Waals surface area contributed by atoms with Crippen molar-refractivity contribution in [3.63, 3.8) is 0 Å². The van der Waals surface area contributed by atoms with E-state index in [0.717, 1.165) is 42.5 Å². The number of hydrogen-bond acceptors (Lipinski definition) is 5. The Labute approximate surface area is 122 Å². The fraction of sp³-hybridized carbons (Fsp3) is 0.733. The van der Waals surface area contributed by atoms with Gasteiger partial charge >= 0.3 is 0 Å². The first-order valence-electron chi connectivity index (χ1n) is 7.65. The molecule has 1 saturated heterocycles. The van der Waals surface area contributed by atoms with Crippen LogP contribution in [0.1, 0.15) is 37.6 Å². The highest BCUT2D eigenvalue weighted by Crippen LogP contribution is 2.21. The SMILES string of the molecule is CCCNc1nc(C)nc(NCC2CCCN2C)c1C. The van der Waals surface area contributed by atoms with E-state index in [1.807, 2.05) is 6.92 Å². The van der Waals surface area contributed by atoms with E-state index in [0.29, 0.717) is 6.04 Å². The zero-order valence-corrected chi connectivity index (χ0v) is 13.2. The number of rotatable bonds is 6. The number of aryl methyl sites for hydroxylation is 1. The van der Waals surface area contributed by atoms with Crippen molar-refractivity contribution >= 4 is 11.6 Å². The van der Waals surface area contributed by atoms with Gasteiger partial charge in [0, 0.05) is 24.7 Å². The van der Waals surface area contributed by atoms with Crippen molar-refractivity contribution < 1.29 is 0 Å². The number of nitrogens with zero attached hydrogens (tertiary/aromatic N) is 3. The van der Waals surface area contributed by atoms with Gasteiger partial charge in [0.05, 0.1) is 0 Å². The lowest BCUT2D eigenvalue weighted by atomic mass is 10.2. The number of nitrogens with one attached hydrogen (secondary N) is 2. The molecule has 1 aromatic heterocycles. The van der Waals surface area contributed by atoms with Gasteiger partial charge in [0.25, 0.3) is 0 Å². The van der Waals surface area contributed by atoms with Crippen molar-refractivity contribution in [1.29, 1.82) is 0 Å². The molecule has 1 aromatic rings. The smallest absolute Gasteiger partial charge is 0.134 e. The van der Waals surface area contributed by atoms with Gasteiger partial charge in [0.1, 0.15) is 17.5 Å². The maximum atomic E-state index is 4.55. The first-order chi connectivity index (χ1) is 9.61. The standard InChI is InChI=1S/C15H27N5/c1-5-8-16-14-11(2)15(19-12(3)18-14)17-10-13-7-6-9-20(13)4/h13H,5-10H2,1-4H3,(H2,16,17,18,19). The molecule has 0 radical (unpaired) electrons. The van der Waals surface area contributed by atoms with Crippen LogP contribution in [-0.2, 0) is 0 Å². The van der Waals surface area contributed by atoms with E-state index in [9.17, 15) is 0 Å². The molecule has 0 amide bonds. The van der Waals surface area contributed by atoms with E-state index >= 15 is 0 Å². The Morgan fingerprint density at radius 3 is 2.50 bits per heavy atom. The van der Waals surface area contributed by atoms with Crippen molar-refractivity contribution in [1.82, 2.24) is 14.9 Å². The molecule has 1 aliphatic heterocycles. The average Bonchev–Trinajstić information content (AvgIpc) is 2.83. The van der Waals surface area contributed by atoms with Crippen LogP contribution in [0.3, 0.4) is 0 Å². The maximum absolute atomic E-state index is 4.55. The molecule has 0 aromatic carbocycles. The predicted octanol–water partition coefficient (Wildman–Crippen LogP) is 2.42. The van der Waals surface area contributed by atoms with E-state index in [1.165, 1.54) is 19.4 Å². The third-order valence-electron chi connectivity index (χ3n) is 3.98. The molecular formula is C15H27N5. The van der Waals surface area contributed by atoms with E-state index in [4.69, 9.17) is 0 Å². The van der Waals surface area contributed by atoms with Crippen molar-refractivity contribution in [2.45, 2.75) is 46.1 Å². The second kappa shape index (κ2) is 6.88. The largest absolute Gasteiger partial charge is 0.370 e. The second-order valence-electron chi connectivity index (χ2n) is 5.68. The molecule has 2 heterocycles. The molecule has 1 aliphatic rings. The summed E-state index contributed by atoms with van der Waals surface area (Å²) in [5, 5.41) is 6.89. The van der Waals surface area contributed by atoms with Crippen LogP contribution in [0.25, 0.3) is 0 Å². The van der Waals surface area contributed by atoms with Gasteiger partial charge in [-0.25, -0.2) is 9.97 Å². The lowest BCUT2D eigenvalue weighted by Crippen LogP contribution is -2.32. The summed E-state index contributed by atoms with van der Waals surface area (Å²) >= 11 is 0. The topological polar surface area (TPSA) is 53.1 Å². The van der Waals surface area contributed by atoms with Gasteiger partial charge in [0.15, 0.2) is 0 Å². The van der Waals surface area contributed by atoms with Crippen LogP contribution in [0, 0.1) is 13.8 Å². The first kappa shape index (κ1) is 15.0. The minimum atomic E-state index is 0.622. The molecule has 2 rings (SSSR count). The fourth-order valence-corrected chi connectivity index (χ4v) is 2.67. The van der Waals surface area contributed by atoms with Crippen LogP contribution in [0.5, 0.6) is 0 Å². The first-order valence-corrected chi connectivity index (χ1v) is 7.65. The van der Waals surface area contributed by atoms with E-state index in [-0.39, 0.29) is 0 Å². The Kier molecular flexibility index (Phi) is 5.17. The number of hydrogen-bond donors (Lipinski definition) is 2. The van der Waals surface area contributed by atoms with Gasteiger partial charge in [-0.15, -0.1) is 0 Å². The molecule has 0 spiro atoms. The molecule has 5 nitrogen and oxygen atoms in total. The number of aromatic nitrogens is 2. The second-order valence-corrected chi connectivity index (χ2v) is 5.68. The Bertz CT molecular complexity index is 446. The summed E-state index contributed by atoms with van der Waals surface area (Å²) in [5.74, 6) is 2.74. The van der Waals surface area contributed by atoms with Crippen LogP contribution < -0.4 is 10.6 Å². The van der Waals surface area contributed by atoms with E-state index in [1.54, 1.807) is 0 Å². The molecule has 0 aliphatic carbocycles. The summed E-state index contributed by atoms with van der Waals surface area (Å²) in [6.07, 6.45) is 3.67. The lowest BCUT2D eigenvalue weighted by Gasteiger charge is -2.21. The third kappa shape index (κ3) is 3.60. The van der Waals surface area contributed by atoms with Gasteiger partial charge in [-0.2, -0.15) is 0 Å². The quantitative estimate of drug-likeness (QED) is 0.836. The zero-order valence-electron chi connectivity index (χ0n) is 13.2. The van der Waals surface area contributed by atoms with Gasteiger partial charge < -0.3 is 15.5 Å². The highest BCUT2D eigenvalue weighted by Gasteiger charge is 2.21. The fourth-order valence-electron chi connectivity index (χ4n) is 2.67. The Morgan fingerprint density at radius 2 is 1.90 bits per heavy atom. The van der Waals surface area contributed by atoms with Crippen molar-refractivity contribution in [2.75, 3.05) is 37.3 Å². The highest BCUT2D eigenvalue weighted by molar-refractivity contribution is 5.57.